The second kappa shape index (κ2) is 7.68. The van der Waals surface area contributed by atoms with Gasteiger partial charge in [0.1, 0.15) is 13.2 Å². The SMILES string of the molecule is O=C(NCCc1ccc2c(c1)OCCO2)N1CCC(c2ccn[nH]2)CC1. The summed E-state index contributed by atoms with van der Waals surface area (Å²) in [6.45, 7) is 3.35. The highest BCUT2D eigenvalue weighted by Crippen LogP contribution is 2.30. The predicted octanol–water partition coefficient (Wildman–Crippen LogP) is 2.31. The largest absolute Gasteiger partial charge is 0.486 e. The summed E-state index contributed by atoms with van der Waals surface area (Å²) in [4.78, 5) is 14.3. The molecular weight excluding hydrogens is 332 g/mol. The molecule has 0 radical (unpaired) electrons. The fourth-order valence-electron chi connectivity index (χ4n) is 3.56. The fraction of sp³-hybridized carbons (Fsp3) is 0.474. The Morgan fingerprint density at radius 2 is 2.00 bits per heavy atom. The van der Waals surface area contributed by atoms with Crippen LogP contribution in [0.3, 0.4) is 0 Å². The van der Waals surface area contributed by atoms with Gasteiger partial charge < -0.3 is 19.7 Å². The van der Waals surface area contributed by atoms with Crippen LogP contribution in [-0.4, -0.2) is 54.0 Å². The first-order valence-corrected chi connectivity index (χ1v) is 9.20. The highest BCUT2D eigenvalue weighted by molar-refractivity contribution is 5.74. The number of urea groups is 1. The number of aromatic amines is 1. The van der Waals surface area contributed by atoms with Crippen LogP contribution < -0.4 is 14.8 Å². The molecule has 26 heavy (non-hydrogen) atoms. The lowest BCUT2D eigenvalue weighted by atomic mass is 9.94. The van der Waals surface area contributed by atoms with E-state index in [4.69, 9.17) is 9.47 Å². The number of fused-ring (bicyclic) bond motifs is 1. The normalized spacial score (nSPS) is 17.2. The van der Waals surface area contributed by atoms with Gasteiger partial charge in [0, 0.05) is 37.4 Å². The van der Waals surface area contributed by atoms with Crippen molar-refractivity contribution in [2.24, 2.45) is 0 Å². The number of nitrogens with one attached hydrogen (secondary N) is 2. The van der Waals surface area contributed by atoms with Crippen LogP contribution in [0.1, 0.15) is 30.0 Å². The van der Waals surface area contributed by atoms with Gasteiger partial charge in [0.15, 0.2) is 11.5 Å². The van der Waals surface area contributed by atoms with Crippen molar-refractivity contribution in [3.8, 4) is 11.5 Å². The van der Waals surface area contributed by atoms with E-state index in [0.29, 0.717) is 25.7 Å². The Bertz CT molecular complexity index is 739. The summed E-state index contributed by atoms with van der Waals surface area (Å²) in [5.74, 6) is 2.06. The Morgan fingerprint density at radius 1 is 1.19 bits per heavy atom. The zero-order valence-corrected chi connectivity index (χ0v) is 14.7. The molecule has 1 fully saturated rings. The lowest BCUT2D eigenvalue weighted by Gasteiger charge is -2.31. The molecule has 0 saturated carbocycles. The lowest BCUT2D eigenvalue weighted by Crippen LogP contribution is -2.44. The Labute approximate surface area is 152 Å². The average Bonchev–Trinajstić information content (AvgIpc) is 3.23. The molecule has 2 aromatic rings. The number of likely N-dealkylation sites (tertiary alicyclic amines) is 1. The molecule has 0 unspecified atom stereocenters. The summed E-state index contributed by atoms with van der Waals surface area (Å²) < 4.78 is 11.1. The number of ether oxygens (including phenoxy) is 2. The van der Waals surface area contributed by atoms with Crippen LogP contribution >= 0.6 is 0 Å². The number of aromatic nitrogens is 2. The van der Waals surface area contributed by atoms with Gasteiger partial charge in [-0.2, -0.15) is 5.10 Å². The molecule has 2 aliphatic heterocycles. The summed E-state index contributed by atoms with van der Waals surface area (Å²) in [6, 6.07) is 8.00. The molecule has 4 rings (SSSR count). The van der Waals surface area contributed by atoms with E-state index >= 15 is 0 Å². The van der Waals surface area contributed by atoms with Gasteiger partial charge in [-0.1, -0.05) is 6.07 Å². The number of hydrogen-bond donors (Lipinski definition) is 2. The molecule has 0 aliphatic carbocycles. The second-order valence-electron chi connectivity index (χ2n) is 6.73. The van der Waals surface area contributed by atoms with Crippen molar-refractivity contribution >= 4 is 6.03 Å². The minimum absolute atomic E-state index is 0.0191. The van der Waals surface area contributed by atoms with E-state index < -0.39 is 0 Å². The summed E-state index contributed by atoms with van der Waals surface area (Å²) in [7, 11) is 0. The van der Waals surface area contributed by atoms with E-state index in [1.807, 2.05) is 29.2 Å². The number of rotatable bonds is 4. The molecule has 1 saturated heterocycles. The van der Waals surface area contributed by atoms with Crippen LogP contribution in [0.2, 0.25) is 0 Å². The van der Waals surface area contributed by atoms with E-state index in [1.165, 1.54) is 5.69 Å². The molecule has 7 heteroatoms. The number of benzene rings is 1. The molecule has 1 aromatic heterocycles. The van der Waals surface area contributed by atoms with Crippen molar-refractivity contribution in [1.29, 1.82) is 0 Å². The summed E-state index contributed by atoms with van der Waals surface area (Å²) in [5.41, 5.74) is 2.30. The Kier molecular flexibility index (Phi) is 4.95. The zero-order chi connectivity index (χ0) is 17.8. The maximum Gasteiger partial charge on any atom is 0.317 e. The van der Waals surface area contributed by atoms with E-state index in [9.17, 15) is 4.79 Å². The third-order valence-corrected chi connectivity index (χ3v) is 5.04. The van der Waals surface area contributed by atoms with E-state index in [0.717, 1.165) is 49.4 Å². The molecule has 0 atom stereocenters. The van der Waals surface area contributed by atoms with Gasteiger partial charge in [0.2, 0.25) is 0 Å². The molecule has 3 heterocycles. The van der Waals surface area contributed by atoms with Crippen molar-refractivity contribution in [3.63, 3.8) is 0 Å². The van der Waals surface area contributed by atoms with E-state index in [-0.39, 0.29) is 6.03 Å². The molecule has 2 N–H and O–H groups in total. The van der Waals surface area contributed by atoms with Crippen LogP contribution in [0.4, 0.5) is 4.79 Å². The van der Waals surface area contributed by atoms with Gasteiger partial charge in [-0.15, -0.1) is 0 Å². The number of H-pyrrole nitrogens is 1. The predicted molar refractivity (Wildman–Crippen MR) is 96.7 cm³/mol. The van der Waals surface area contributed by atoms with Gasteiger partial charge in [-0.25, -0.2) is 4.79 Å². The number of carbonyl (C=O) groups is 1. The second-order valence-corrected chi connectivity index (χ2v) is 6.73. The molecule has 2 aliphatic rings. The molecular formula is C19H24N4O3. The third-order valence-electron chi connectivity index (χ3n) is 5.04. The maximum absolute atomic E-state index is 12.4. The van der Waals surface area contributed by atoms with Crippen LogP contribution in [0.5, 0.6) is 11.5 Å². The van der Waals surface area contributed by atoms with Gasteiger partial charge in [0.25, 0.3) is 0 Å². The van der Waals surface area contributed by atoms with Crippen LogP contribution in [0, 0.1) is 0 Å². The third kappa shape index (κ3) is 3.76. The van der Waals surface area contributed by atoms with Crippen molar-refractivity contribution < 1.29 is 14.3 Å². The molecule has 7 nitrogen and oxygen atoms in total. The van der Waals surface area contributed by atoms with Crippen molar-refractivity contribution in [2.45, 2.75) is 25.2 Å². The van der Waals surface area contributed by atoms with Crippen LogP contribution in [-0.2, 0) is 6.42 Å². The van der Waals surface area contributed by atoms with Crippen molar-refractivity contribution in [1.82, 2.24) is 20.4 Å². The molecule has 1 aromatic carbocycles. The van der Waals surface area contributed by atoms with Crippen molar-refractivity contribution in [2.75, 3.05) is 32.8 Å². The van der Waals surface area contributed by atoms with Gasteiger partial charge in [-0.3, -0.25) is 5.10 Å². The summed E-state index contributed by atoms with van der Waals surface area (Å²) in [5, 5.41) is 10.1. The first-order valence-electron chi connectivity index (χ1n) is 9.20. The number of carbonyl (C=O) groups excluding carboxylic acids is 1. The van der Waals surface area contributed by atoms with E-state index in [1.54, 1.807) is 6.20 Å². The van der Waals surface area contributed by atoms with Crippen LogP contribution in [0.15, 0.2) is 30.5 Å². The zero-order valence-electron chi connectivity index (χ0n) is 14.7. The minimum Gasteiger partial charge on any atom is -0.486 e. The minimum atomic E-state index is 0.0191. The smallest absolute Gasteiger partial charge is 0.317 e. The number of piperidine rings is 1. The Morgan fingerprint density at radius 3 is 2.77 bits per heavy atom. The Hall–Kier alpha value is -2.70. The molecule has 0 spiro atoms. The maximum atomic E-state index is 12.4. The fourth-order valence-corrected chi connectivity index (χ4v) is 3.56. The van der Waals surface area contributed by atoms with Gasteiger partial charge in [0.05, 0.1) is 0 Å². The summed E-state index contributed by atoms with van der Waals surface area (Å²) in [6.07, 6.45) is 4.49. The quantitative estimate of drug-likeness (QED) is 0.881. The number of hydrogen-bond acceptors (Lipinski definition) is 4. The van der Waals surface area contributed by atoms with Crippen LogP contribution in [0.25, 0.3) is 0 Å². The molecule has 0 bridgehead atoms. The van der Waals surface area contributed by atoms with Gasteiger partial charge >= 0.3 is 6.03 Å². The summed E-state index contributed by atoms with van der Waals surface area (Å²) >= 11 is 0. The number of nitrogens with zero attached hydrogens (tertiary/aromatic N) is 2. The van der Waals surface area contributed by atoms with E-state index in [2.05, 4.69) is 15.5 Å². The van der Waals surface area contributed by atoms with Crippen molar-refractivity contribution in [3.05, 3.63) is 41.7 Å². The highest BCUT2D eigenvalue weighted by atomic mass is 16.6. The standard InChI is InChI=1S/C19H24N4O3/c24-19(23-9-5-15(6-10-23)16-4-8-21-22-16)20-7-3-14-1-2-17-18(13-14)26-12-11-25-17/h1-2,4,8,13,15H,3,5-7,9-12H2,(H,20,24)(H,21,22). The topological polar surface area (TPSA) is 79.5 Å². The average molecular weight is 356 g/mol. The molecule has 2 amide bonds. The first kappa shape index (κ1) is 16.8. The number of amides is 2. The monoisotopic (exact) mass is 356 g/mol. The molecule has 138 valence electrons. The van der Waals surface area contributed by atoms with Gasteiger partial charge in [-0.05, 0) is 43.0 Å². The highest BCUT2D eigenvalue weighted by Gasteiger charge is 2.24. The lowest BCUT2D eigenvalue weighted by molar-refractivity contribution is 0.171. The first-order chi connectivity index (χ1) is 12.8. The Balaban J connectivity index is 1.22.